The number of carbonyl (C=O) groups excluding carboxylic acids is 2. The number of benzene rings is 1. The van der Waals surface area contributed by atoms with Crippen LogP contribution in [0.25, 0.3) is 0 Å². The average Bonchev–Trinajstić information content (AvgIpc) is 2.68. The van der Waals surface area contributed by atoms with Gasteiger partial charge in [-0.3, -0.25) is 14.6 Å². The second-order valence-electron chi connectivity index (χ2n) is 7.33. The second-order valence-corrected chi connectivity index (χ2v) is 7.76. The molecule has 1 amide bonds. The van der Waals surface area contributed by atoms with Gasteiger partial charge in [-0.15, -0.1) is 0 Å². The van der Waals surface area contributed by atoms with Crippen molar-refractivity contribution in [2.24, 2.45) is 5.41 Å². The van der Waals surface area contributed by atoms with E-state index in [9.17, 15) is 9.59 Å². The summed E-state index contributed by atoms with van der Waals surface area (Å²) in [5.41, 5.74) is 1.59. The van der Waals surface area contributed by atoms with Crippen LogP contribution in [0.1, 0.15) is 41.4 Å². The van der Waals surface area contributed by atoms with Crippen molar-refractivity contribution >= 4 is 23.5 Å². The molecule has 148 valence electrons. The number of hydrogen-bond donors (Lipinski definition) is 0. The van der Waals surface area contributed by atoms with Gasteiger partial charge in [-0.05, 0) is 62.9 Å². The molecule has 1 aliphatic rings. The van der Waals surface area contributed by atoms with Gasteiger partial charge in [0.15, 0.2) is 0 Å². The Kier molecular flexibility index (Phi) is 6.35. The molecule has 0 radical (unpaired) electrons. The van der Waals surface area contributed by atoms with E-state index < -0.39 is 5.41 Å². The molecule has 28 heavy (non-hydrogen) atoms. The Labute approximate surface area is 170 Å². The molecule has 0 unspecified atom stereocenters. The highest BCUT2D eigenvalue weighted by atomic mass is 35.5. The van der Waals surface area contributed by atoms with Crippen LogP contribution in [0.15, 0.2) is 42.6 Å². The van der Waals surface area contributed by atoms with E-state index in [0.29, 0.717) is 43.1 Å². The zero-order chi connectivity index (χ0) is 20.1. The fourth-order valence-electron chi connectivity index (χ4n) is 3.79. The van der Waals surface area contributed by atoms with Crippen molar-refractivity contribution in [1.29, 1.82) is 0 Å². The normalized spacial score (nSPS) is 19.3. The van der Waals surface area contributed by atoms with E-state index in [1.165, 1.54) is 0 Å². The van der Waals surface area contributed by atoms with E-state index in [-0.39, 0.29) is 11.9 Å². The van der Waals surface area contributed by atoms with Gasteiger partial charge >= 0.3 is 5.97 Å². The first-order valence-electron chi connectivity index (χ1n) is 9.57. The lowest BCUT2D eigenvalue weighted by Crippen LogP contribution is -2.51. The summed E-state index contributed by atoms with van der Waals surface area (Å²) in [6, 6.07) is 11.1. The van der Waals surface area contributed by atoms with E-state index in [1.54, 1.807) is 24.1 Å². The van der Waals surface area contributed by atoms with E-state index in [4.69, 9.17) is 16.3 Å². The smallest absolute Gasteiger partial charge is 0.314 e. The first kappa shape index (κ1) is 20.3. The third-order valence-electron chi connectivity index (χ3n) is 5.16. The van der Waals surface area contributed by atoms with E-state index in [2.05, 4.69) is 4.98 Å². The Morgan fingerprint density at radius 1 is 1.29 bits per heavy atom. The highest BCUT2D eigenvalue weighted by Gasteiger charge is 2.45. The quantitative estimate of drug-likeness (QED) is 0.710. The molecule has 2 heterocycles. The molecule has 1 saturated heterocycles. The molecule has 0 N–H and O–H groups in total. The standard InChI is InChI=1S/C22H25ClN2O3/c1-3-28-21(27)22(13-17-6-4-7-19(23)12-17)10-5-11-25(15-22)20(26)18-9-8-16(2)24-14-18/h4,6-9,12,14H,3,5,10-11,13,15H2,1-2H3/t22-/m0/s1. The third kappa shape index (κ3) is 4.53. The van der Waals surface area contributed by atoms with Crippen LogP contribution in [0.4, 0.5) is 0 Å². The second kappa shape index (κ2) is 8.74. The third-order valence-corrected chi connectivity index (χ3v) is 5.40. The molecule has 0 saturated carbocycles. The highest BCUT2D eigenvalue weighted by molar-refractivity contribution is 6.30. The molecule has 1 aromatic carbocycles. The molecular formula is C22H25ClN2O3. The molecule has 0 aliphatic carbocycles. The number of piperidine rings is 1. The van der Waals surface area contributed by atoms with Gasteiger partial charge in [0.05, 0.1) is 17.6 Å². The summed E-state index contributed by atoms with van der Waals surface area (Å²) in [7, 11) is 0. The molecule has 1 fully saturated rings. The predicted octanol–water partition coefficient (Wildman–Crippen LogP) is 4.07. The summed E-state index contributed by atoms with van der Waals surface area (Å²) in [6.07, 6.45) is 3.50. The van der Waals surface area contributed by atoms with Crippen molar-refractivity contribution < 1.29 is 14.3 Å². The molecule has 1 aromatic heterocycles. The SMILES string of the molecule is CCOC(=O)[C@]1(Cc2cccc(Cl)c2)CCCN(C(=O)c2ccc(C)nc2)C1. The summed E-state index contributed by atoms with van der Waals surface area (Å²) in [4.78, 5) is 31.9. The van der Waals surface area contributed by atoms with Gasteiger partial charge in [0.2, 0.25) is 0 Å². The van der Waals surface area contributed by atoms with Crippen LogP contribution in [0.5, 0.6) is 0 Å². The number of nitrogens with zero attached hydrogens (tertiary/aromatic N) is 2. The van der Waals surface area contributed by atoms with Crippen LogP contribution in [-0.4, -0.2) is 41.5 Å². The number of aryl methyl sites for hydroxylation is 1. The first-order valence-corrected chi connectivity index (χ1v) is 9.95. The largest absolute Gasteiger partial charge is 0.466 e. The predicted molar refractivity (Wildman–Crippen MR) is 108 cm³/mol. The van der Waals surface area contributed by atoms with Crippen LogP contribution in [0, 0.1) is 12.3 Å². The molecular weight excluding hydrogens is 376 g/mol. The maximum absolute atomic E-state index is 13.0. The minimum atomic E-state index is -0.771. The van der Waals surface area contributed by atoms with Crippen molar-refractivity contribution in [3.05, 3.63) is 64.4 Å². The number of pyridine rings is 1. The van der Waals surface area contributed by atoms with Crippen LogP contribution in [-0.2, 0) is 16.0 Å². The Balaban J connectivity index is 1.87. The minimum Gasteiger partial charge on any atom is -0.466 e. The molecule has 3 rings (SSSR count). The number of ether oxygens (including phenoxy) is 1. The van der Waals surface area contributed by atoms with Crippen LogP contribution < -0.4 is 0 Å². The average molecular weight is 401 g/mol. The Morgan fingerprint density at radius 3 is 2.79 bits per heavy atom. The van der Waals surface area contributed by atoms with Gasteiger partial charge in [0, 0.05) is 30.0 Å². The minimum absolute atomic E-state index is 0.105. The number of halogens is 1. The van der Waals surface area contributed by atoms with E-state index >= 15 is 0 Å². The maximum atomic E-state index is 13.0. The summed E-state index contributed by atoms with van der Waals surface area (Å²) >= 11 is 6.13. The lowest BCUT2D eigenvalue weighted by molar-refractivity contribution is -0.158. The van der Waals surface area contributed by atoms with Crippen LogP contribution >= 0.6 is 11.6 Å². The number of hydrogen-bond acceptors (Lipinski definition) is 4. The Morgan fingerprint density at radius 2 is 2.11 bits per heavy atom. The lowest BCUT2D eigenvalue weighted by Gasteiger charge is -2.41. The van der Waals surface area contributed by atoms with Crippen molar-refractivity contribution in [3.63, 3.8) is 0 Å². The monoisotopic (exact) mass is 400 g/mol. The van der Waals surface area contributed by atoms with Crippen LogP contribution in [0.2, 0.25) is 5.02 Å². The molecule has 2 aromatic rings. The molecule has 5 nitrogen and oxygen atoms in total. The summed E-state index contributed by atoms with van der Waals surface area (Å²) < 4.78 is 5.41. The number of aromatic nitrogens is 1. The highest BCUT2D eigenvalue weighted by Crippen LogP contribution is 2.36. The van der Waals surface area contributed by atoms with Gasteiger partial charge in [-0.1, -0.05) is 23.7 Å². The summed E-state index contributed by atoms with van der Waals surface area (Å²) in [6.45, 7) is 4.93. The zero-order valence-corrected chi connectivity index (χ0v) is 17.0. The van der Waals surface area contributed by atoms with Crippen molar-refractivity contribution in [2.45, 2.75) is 33.1 Å². The van der Waals surface area contributed by atoms with Gasteiger partial charge in [0.1, 0.15) is 0 Å². The number of likely N-dealkylation sites (tertiary alicyclic amines) is 1. The first-order chi connectivity index (χ1) is 13.4. The van der Waals surface area contributed by atoms with Crippen molar-refractivity contribution in [3.8, 4) is 0 Å². The number of esters is 1. The van der Waals surface area contributed by atoms with Gasteiger partial charge in [0.25, 0.3) is 5.91 Å². The molecule has 0 bridgehead atoms. The molecule has 6 heteroatoms. The van der Waals surface area contributed by atoms with Crippen LogP contribution in [0.3, 0.4) is 0 Å². The zero-order valence-electron chi connectivity index (χ0n) is 16.3. The summed E-state index contributed by atoms with van der Waals surface area (Å²) in [5.74, 6) is -0.360. The topological polar surface area (TPSA) is 59.5 Å². The van der Waals surface area contributed by atoms with Gasteiger partial charge in [-0.2, -0.15) is 0 Å². The maximum Gasteiger partial charge on any atom is 0.314 e. The molecule has 0 spiro atoms. The fraction of sp³-hybridized carbons (Fsp3) is 0.409. The van der Waals surface area contributed by atoms with E-state index in [0.717, 1.165) is 17.7 Å². The summed E-state index contributed by atoms with van der Waals surface area (Å²) in [5, 5.41) is 0.631. The molecule has 1 aliphatic heterocycles. The number of amides is 1. The van der Waals surface area contributed by atoms with Gasteiger partial charge < -0.3 is 9.64 Å². The number of carbonyl (C=O) groups is 2. The Hall–Kier alpha value is -2.40. The lowest BCUT2D eigenvalue weighted by atomic mass is 9.75. The van der Waals surface area contributed by atoms with Crippen molar-refractivity contribution in [1.82, 2.24) is 9.88 Å². The Bertz CT molecular complexity index is 853. The number of rotatable bonds is 5. The fourth-order valence-corrected chi connectivity index (χ4v) is 4.00. The van der Waals surface area contributed by atoms with Gasteiger partial charge in [-0.25, -0.2) is 0 Å². The molecule has 1 atom stereocenters. The van der Waals surface area contributed by atoms with Crippen molar-refractivity contribution in [2.75, 3.05) is 19.7 Å². The van der Waals surface area contributed by atoms with E-state index in [1.807, 2.05) is 37.3 Å².